The summed E-state index contributed by atoms with van der Waals surface area (Å²) in [6.45, 7) is 2.00. The molecule has 2 aromatic carbocycles. The minimum Gasteiger partial charge on any atom is -0.381 e. The quantitative estimate of drug-likeness (QED) is 0.656. The van der Waals surface area contributed by atoms with Crippen molar-refractivity contribution in [3.63, 3.8) is 0 Å². The molecule has 1 aliphatic heterocycles. The maximum absolute atomic E-state index is 12.9. The van der Waals surface area contributed by atoms with Crippen molar-refractivity contribution in [1.29, 1.82) is 0 Å². The number of nitrogens with one attached hydrogen (secondary N) is 2. The van der Waals surface area contributed by atoms with Crippen LogP contribution in [0.1, 0.15) is 35.2 Å². The first-order valence-corrected chi connectivity index (χ1v) is 10.5. The highest BCUT2D eigenvalue weighted by atomic mass is 19.4. The number of carbonyl (C=O) groups excluding carboxylic acids is 2. The van der Waals surface area contributed by atoms with Gasteiger partial charge in [0, 0.05) is 42.0 Å². The maximum Gasteiger partial charge on any atom is 0.416 e. The summed E-state index contributed by atoms with van der Waals surface area (Å²) in [5.41, 5.74) is -0.135. The van der Waals surface area contributed by atoms with Gasteiger partial charge in [0.2, 0.25) is 0 Å². The van der Waals surface area contributed by atoms with E-state index in [9.17, 15) is 22.8 Å². The van der Waals surface area contributed by atoms with Crippen LogP contribution in [0, 0.1) is 5.92 Å². The van der Waals surface area contributed by atoms with Gasteiger partial charge in [0.1, 0.15) is 0 Å². The molecule has 1 unspecified atom stereocenters. The molecule has 4 rings (SSSR count). The molecule has 0 spiro atoms. The average Bonchev–Trinajstić information content (AvgIpc) is 3.46. The van der Waals surface area contributed by atoms with Gasteiger partial charge in [-0.1, -0.05) is 12.1 Å². The molecule has 2 fully saturated rings. The van der Waals surface area contributed by atoms with Crippen molar-refractivity contribution in [2.75, 3.05) is 30.4 Å². The second-order valence-corrected chi connectivity index (χ2v) is 8.16. The second-order valence-electron chi connectivity index (χ2n) is 8.16. The number of hydrogen-bond donors (Lipinski definition) is 2. The average molecular weight is 447 g/mol. The van der Waals surface area contributed by atoms with Gasteiger partial charge in [-0.2, -0.15) is 13.2 Å². The number of carbonyl (C=O) groups is 2. The highest BCUT2D eigenvalue weighted by Crippen LogP contribution is 2.31. The van der Waals surface area contributed by atoms with E-state index in [1.807, 2.05) is 4.90 Å². The normalized spacial score (nSPS) is 18.3. The Morgan fingerprint density at radius 2 is 1.72 bits per heavy atom. The first-order valence-electron chi connectivity index (χ1n) is 10.5. The lowest BCUT2D eigenvalue weighted by atomic mass is 10.1. The van der Waals surface area contributed by atoms with Gasteiger partial charge in [0.15, 0.2) is 0 Å². The Hall–Kier alpha value is -3.07. The molecule has 0 aromatic heterocycles. The molecule has 6 nitrogen and oxygen atoms in total. The molecule has 2 aliphatic rings. The van der Waals surface area contributed by atoms with Crippen LogP contribution in [0.2, 0.25) is 0 Å². The lowest BCUT2D eigenvalue weighted by Gasteiger charge is -2.25. The lowest BCUT2D eigenvalue weighted by molar-refractivity contribution is -0.137. The van der Waals surface area contributed by atoms with Crippen LogP contribution in [0.15, 0.2) is 48.5 Å². The number of urea groups is 1. The monoisotopic (exact) mass is 447 g/mol. The third-order valence-electron chi connectivity index (χ3n) is 5.55. The summed E-state index contributed by atoms with van der Waals surface area (Å²) in [6, 6.07) is 10.8. The minimum absolute atomic E-state index is 0.0398. The van der Waals surface area contributed by atoms with E-state index in [4.69, 9.17) is 4.74 Å². The van der Waals surface area contributed by atoms with Crippen LogP contribution in [0.25, 0.3) is 0 Å². The van der Waals surface area contributed by atoms with Crippen molar-refractivity contribution in [1.82, 2.24) is 4.90 Å². The van der Waals surface area contributed by atoms with E-state index >= 15 is 0 Å². The lowest BCUT2D eigenvalue weighted by Crippen LogP contribution is -2.40. The van der Waals surface area contributed by atoms with Crippen LogP contribution in [0.5, 0.6) is 0 Å². The third kappa shape index (κ3) is 5.59. The van der Waals surface area contributed by atoms with Gasteiger partial charge in [-0.05, 0) is 55.7 Å². The molecule has 3 amide bonds. The van der Waals surface area contributed by atoms with Gasteiger partial charge in [-0.3, -0.25) is 4.79 Å². The molecule has 1 saturated heterocycles. The van der Waals surface area contributed by atoms with Gasteiger partial charge in [0.05, 0.1) is 12.2 Å². The van der Waals surface area contributed by atoms with Crippen LogP contribution in [-0.2, 0) is 10.9 Å². The second kappa shape index (κ2) is 9.20. The number of ether oxygens (including phenoxy) is 1. The summed E-state index contributed by atoms with van der Waals surface area (Å²) in [5.74, 6) is -0.242. The zero-order chi connectivity index (χ0) is 22.7. The predicted octanol–water partition coefficient (Wildman–Crippen LogP) is 4.99. The zero-order valence-corrected chi connectivity index (χ0v) is 17.3. The summed E-state index contributed by atoms with van der Waals surface area (Å²) in [7, 11) is 0. The topological polar surface area (TPSA) is 70.7 Å². The standard InChI is InChI=1S/C23H24F3N3O3/c24-23(25,26)17-4-2-6-19(12-17)27-21(30)16-3-1-5-18(11-16)28-22(31)29(20-7-8-20)13-15-9-10-32-14-15/h1-6,11-12,15,20H,7-10,13-14H2,(H,27,30)(H,28,31). The molecule has 2 N–H and O–H groups in total. The third-order valence-corrected chi connectivity index (χ3v) is 5.55. The molecule has 0 radical (unpaired) electrons. The molecule has 170 valence electrons. The molecule has 1 heterocycles. The number of amides is 3. The van der Waals surface area contributed by atoms with Crippen LogP contribution in [0.3, 0.4) is 0 Å². The Bertz CT molecular complexity index is 986. The van der Waals surface area contributed by atoms with Gasteiger partial charge >= 0.3 is 12.2 Å². The van der Waals surface area contributed by atoms with Crippen molar-refractivity contribution >= 4 is 23.3 Å². The van der Waals surface area contributed by atoms with Crippen LogP contribution in [-0.4, -0.2) is 42.6 Å². The van der Waals surface area contributed by atoms with Crippen molar-refractivity contribution in [3.05, 3.63) is 59.7 Å². The molecule has 0 bridgehead atoms. The highest BCUT2D eigenvalue weighted by molar-refractivity contribution is 6.05. The molecule has 32 heavy (non-hydrogen) atoms. The number of halogens is 3. The summed E-state index contributed by atoms with van der Waals surface area (Å²) >= 11 is 0. The van der Waals surface area contributed by atoms with Crippen LogP contribution >= 0.6 is 0 Å². The maximum atomic E-state index is 12.9. The first-order chi connectivity index (χ1) is 15.3. The fraction of sp³-hybridized carbons (Fsp3) is 0.391. The molecule has 1 atom stereocenters. The summed E-state index contributed by atoms with van der Waals surface area (Å²) < 4.78 is 44.1. The fourth-order valence-corrected chi connectivity index (χ4v) is 3.70. The summed E-state index contributed by atoms with van der Waals surface area (Å²) in [6.07, 6.45) is -1.62. The number of alkyl halides is 3. The SMILES string of the molecule is O=C(Nc1cccc(C(F)(F)F)c1)c1cccc(NC(=O)N(CC2CCOC2)C2CC2)c1. The fourth-order valence-electron chi connectivity index (χ4n) is 3.70. The minimum atomic E-state index is -4.50. The van der Waals surface area contributed by atoms with E-state index in [2.05, 4.69) is 10.6 Å². The molecule has 1 saturated carbocycles. The Morgan fingerprint density at radius 3 is 2.38 bits per heavy atom. The largest absolute Gasteiger partial charge is 0.416 e. The molecule has 9 heteroatoms. The Morgan fingerprint density at radius 1 is 1.00 bits per heavy atom. The number of nitrogens with zero attached hydrogens (tertiary/aromatic N) is 1. The highest BCUT2D eigenvalue weighted by Gasteiger charge is 2.35. The smallest absolute Gasteiger partial charge is 0.381 e. The van der Waals surface area contributed by atoms with E-state index in [1.54, 1.807) is 12.1 Å². The Labute approximate surface area is 183 Å². The van der Waals surface area contributed by atoms with Gasteiger partial charge in [-0.15, -0.1) is 0 Å². The van der Waals surface area contributed by atoms with Crippen molar-refractivity contribution in [2.45, 2.75) is 31.5 Å². The summed E-state index contributed by atoms with van der Waals surface area (Å²) in [5, 5.41) is 5.32. The summed E-state index contributed by atoms with van der Waals surface area (Å²) in [4.78, 5) is 27.2. The molecule has 2 aromatic rings. The van der Waals surface area contributed by atoms with E-state index in [1.165, 1.54) is 24.3 Å². The number of anilines is 2. The van der Waals surface area contributed by atoms with Crippen molar-refractivity contribution in [3.8, 4) is 0 Å². The zero-order valence-electron chi connectivity index (χ0n) is 17.3. The predicted molar refractivity (Wildman–Crippen MR) is 114 cm³/mol. The van der Waals surface area contributed by atoms with Crippen LogP contribution < -0.4 is 10.6 Å². The van der Waals surface area contributed by atoms with Crippen molar-refractivity contribution < 1.29 is 27.5 Å². The number of rotatable bonds is 6. The van der Waals surface area contributed by atoms with E-state index in [0.717, 1.165) is 31.4 Å². The number of hydrogen-bond acceptors (Lipinski definition) is 3. The Balaban J connectivity index is 1.41. The van der Waals surface area contributed by atoms with E-state index < -0.39 is 17.6 Å². The number of benzene rings is 2. The molecular weight excluding hydrogens is 423 g/mol. The van der Waals surface area contributed by atoms with Gasteiger partial charge in [0.25, 0.3) is 5.91 Å². The van der Waals surface area contributed by atoms with Gasteiger partial charge < -0.3 is 20.3 Å². The van der Waals surface area contributed by atoms with Gasteiger partial charge in [-0.25, -0.2) is 4.79 Å². The molecular formula is C23H24F3N3O3. The molecule has 1 aliphatic carbocycles. The van der Waals surface area contributed by atoms with E-state index in [0.29, 0.717) is 31.4 Å². The Kier molecular flexibility index (Phi) is 6.36. The van der Waals surface area contributed by atoms with Crippen LogP contribution in [0.4, 0.5) is 29.3 Å². The van der Waals surface area contributed by atoms with E-state index in [-0.39, 0.29) is 23.3 Å². The first kappa shape index (κ1) is 22.1. The van der Waals surface area contributed by atoms with Crippen molar-refractivity contribution in [2.24, 2.45) is 5.92 Å².